The lowest BCUT2D eigenvalue weighted by molar-refractivity contribution is 0.660. The lowest BCUT2D eigenvalue weighted by Gasteiger charge is -2.29. The second-order valence-electron chi connectivity index (χ2n) is 18.0. The molecule has 0 spiro atoms. The topological polar surface area (TPSA) is 16.4 Å². The Morgan fingerprint density at radius 2 is 0.877 bits per heavy atom. The third-order valence-corrected chi connectivity index (χ3v) is 14.0. The Morgan fingerprint density at radius 3 is 1.62 bits per heavy atom. The van der Waals surface area contributed by atoms with Crippen molar-refractivity contribution < 1.29 is 4.42 Å². The highest BCUT2D eigenvalue weighted by atomic mass is 16.3. The normalized spacial score (nSPS) is 12.9. The molecule has 12 aromatic rings. The van der Waals surface area contributed by atoms with Crippen LogP contribution in [-0.2, 0) is 5.41 Å². The Morgan fingerprint density at radius 1 is 0.338 bits per heavy atom. The van der Waals surface area contributed by atoms with Crippen LogP contribution in [0.25, 0.3) is 98.8 Å². The molecule has 0 amide bonds. The maximum atomic E-state index is 7.10. The van der Waals surface area contributed by atoms with E-state index in [0.29, 0.717) is 0 Å². The van der Waals surface area contributed by atoms with Gasteiger partial charge in [-0.2, -0.15) is 0 Å². The van der Waals surface area contributed by atoms with E-state index in [1.807, 2.05) is 0 Å². The summed E-state index contributed by atoms with van der Waals surface area (Å²) in [6.45, 7) is 4.72. The molecule has 0 radical (unpaired) electrons. The summed E-state index contributed by atoms with van der Waals surface area (Å²) in [5.74, 6) is 0. The lowest BCUT2D eigenvalue weighted by Crippen LogP contribution is -2.16. The molecule has 11 aromatic carbocycles. The Kier molecular flexibility index (Phi) is 8.29. The van der Waals surface area contributed by atoms with Crippen molar-refractivity contribution in [3.05, 3.63) is 236 Å². The van der Waals surface area contributed by atoms with Gasteiger partial charge >= 0.3 is 0 Å². The van der Waals surface area contributed by atoms with Crippen LogP contribution in [0.4, 0.5) is 17.1 Å². The average Bonchev–Trinajstić information content (AvgIpc) is 3.87. The molecule has 1 aliphatic carbocycles. The molecule has 13 rings (SSSR count). The van der Waals surface area contributed by atoms with Gasteiger partial charge in [-0.05, 0) is 120 Å². The first-order valence-electron chi connectivity index (χ1n) is 22.6. The summed E-state index contributed by atoms with van der Waals surface area (Å²) in [7, 11) is 0. The maximum absolute atomic E-state index is 7.10. The molecule has 0 bridgehead atoms. The highest BCUT2D eigenvalue weighted by molar-refractivity contribution is 6.33. The number of fused-ring (bicyclic) bond motifs is 12. The van der Waals surface area contributed by atoms with Crippen LogP contribution < -0.4 is 4.90 Å². The van der Waals surface area contributed by atoms with E-state index in [2.05, 4.69) is 243 Å². The van der Waals surface area contributed by atoms with Gasteiger partial charge in [-0.25, -0.2) is 0 Å². The number of nitrogens with zero attached hydrogens (tertiary/aromatic N) is 1. The van der Waals surface area contributed by atoms with Crippen LogP contribution in [0.3, 0.4) is 0 Å². The van der Waals surface area contributed by atoms with Gasteiger partial charge < -0.3 is 9.32 Å². The molecule has 0 N–H and O–H groups in total. The zero-order valence-electron chi connectivity index (χ0n) is 36.2. The molecule has 65 heavy (non-hydrogen) atoms. The number of hydrogen-bond acceptors (Lipinski definition) is 2. The third kappa shape index (κ3) is 5.74. The molecule has 2 heteroatoms. The molecule has 0 saturated carbocycles. The van der Waals surface area contributed by atoms with Gasteiger partial charge in [-0.1, -0.05) is 196 Å². The highest BCUT2D eigenvalue weighted by Gasteiger charge is 2.36. The molecule has 0 unspecified atom stereocenters. The molecule has 306 valence electrons. The average molecular weight is 830 g/mol. The van der Waals surface area contributed by atoms with Crippen molar-refractivity contribution in [2.24, 2.45) is 0 Å². The van der Waals surface area contributed by atoms with Crippen molar-refractivity contribution >= 4 is 71.3 Å². The molecule has 0 saturated heterocycles. The third-order valence-electron chi connectivity index (χ3n) is 14.0. The predicted molar refractivity (Wildman–Crippen MR) is 275 cm³/mol. The first-order valence-corrected chi connectivity index (χ1v) is 22.6. The van der Waals surface area contributed by atoms with Gasteiger partial charge in [-0.3, -0.25) is 0 Å². The SMILES string of the molecule is CC1(C)c2ccccc2-c2ccc(N(c3ccc(-c4ccccc4)cc3)c3ccc(-c4cc(-c5ccccc5)cc5oc6c7ccccc7c7ccccc7c6c45)c4ccccc34)cc21. The second kappa shape index (κ2) is 14.4. The summed E-state index contributed by atoms with van der Waals surface area (Å²) in [5, 5.41) is 9.38. The van der Waals surface area contributed by atoms with E-state index in [9.17, 15) is 0 Å². The minimum atomic E-state index is -0.144. The highest BCUT2D eigenvalue weighted by Crippen LogP contribution is 2.52. The summed E-state index contributed by atoms with van der Waals surface area (Å²) >= 11 is 0. The van der Waals surface area contributed by atoms with E-state index < -0.39 is 0 Å². The zero-order valence-corrected chi connectivity index (χ0v) is 36.2. The number of hydrogen-bond donors (Lipinski definition) is 0. The van der Waals surface area contributed by atoms with Crippen LogP contribution in [0.1, 0.15) is 25.0 Å². The molecule has 2 nitrogen and oxygen atoms in total. The summed E-state index contributed by atoms with van der Waals surface area (Å²) in [6.07, 6.45) is 0. The standard InChI is InChI=1S/C63H43NO/c1-63(2)56-28-16-15-24-50(56)51-34-33-45(39-57(51)63)64(44-31-29-42(30-32-44)40-17-5-3-6-18-40)58-36-35-49(46-21-9-12-25-52(46)58)55-37-43(41-19-7-4-8-20-41)38-59-60(55)61-53-26-13-10-22-47(53)48-23-11-14-27-54(48)62(61)65-59/h3-39H,1-2H3. The molecule has 0 atom stereocenters. The van der Waals surface area contributed by atoms with Crippen LogP contribution in [0, 0.1) is 0 Å². The monoisotopic (exact) mass is 829 g/mol. The van der Waals surface area contributed by atoms with Crippen LogP contribution >= 0.6 is 0 Å². The number of furan rings is 1. The Labute approximate surface area is 378 Å². The van der Waals surface area contributed by atoms with E-state index in [-0.39, 0.29) is 5.41 Å². The first-order chi connectivity index (χ1) is 32.0. The summed E-state index contributed by atoms with van der Waals surface area (Å²) < 4.78 is 7.10. The van der Waals surface area contributed by atoms with Crippen LogP contribution in [0.5, 0.6) is 0 Å². The minimum Gasteiger partial charge on any atom is -0.455 e. The first kappa shape index (κ1) is 37.4. The Hall–Kier alpha value is -8.20. The minimum absolute atomic E-state index is 0.144. The van der Waals surface area contributed by atoms with Gasteiger partial charge in [0, 0.05) is 38.3 Å². The Bertz CT molecular complexity index is 3840. The molecule has 1 aromatic heterocycles. The number of rotatable bonds is 6. The van der Waals surface area contributed by atoms with E-state index in [1.54, 1.807) is 0 Å². The van der Waals surface area contributed by atoms with Gasteiger partial charge in [0.05, 0.1) is 5.69 Å². The van der Waals surface area contributed by atoms with E-state index >= 15 is 0 Å². The number of benzene rings is 11. The van der Waals surface area contributed by atoms with Crippen LogP contribution in [0.15, 0.2) is 229 Å². The fraction of sp³-hybridized carbons (Fsp3) is 0.0476. The van der Waals surface area contributed by atoms with Crippen molar-refractivity contribution in [1.82, 2.24) is 0 Å². The molecule has 1 aliphatic rings. The van der Waals surface area contributed by atoms with E-state index in [0.717, 1.165) is 66.6 Å². The zero-order chi connectivity index (χ0) is 43.2. The van der Waals surface area contributed by atoms with Crippen molar-refractivity contribution in [3.8, 4) is 44.5 Å². The van der Waals surface area contributed by atoms with Crippen molar-refractivity contribution in [2.75, 3.05) is 4.90 Å². The van der Waals surface area contributed by atoms with Gasteiger partial charge in [-0.15, -0.1) is 0 Å². The Balaban J connectivity index is 1.08. The van der Waals surface area contributed by atoms with E-state index in [1.165, 1.54) is 60.3 Å². The van der Waals surface area contributed by atoms with Crippen molar-refractivity contribution in [3.63, 3.8) is 0 Å². The summed E-state index contributed by atoms with van der Waals surface area (Å²) in [4.78, 5) is 2.46. The van der Waals surface area contributed by atoms with Gasteiger partial charge in [0.2, 0.25) is 0 Å². The molecule has 1 heterocycles. The number of anilines is 3. The fourth-order valence-electron chi connectivity index (χ4n) is 10.9. The van der Waals surface area contributed by atoms with Gasteiger partial charge in [0.25, 0.3) is 0 Å². The predicted octanol–water partition coefficient (Wildman–Crippen LogP) is 17.8. The van der Waals surface area contributed by atoms with E-state index in [4.69, 9.17) is 4.42 Å². The van der Waals surface area contributed by atoms with Crippen LogP contribution in [0.2, 0.25) is 0 Å². The van der Waals surface area contributed by atoms with Crippen molar-refractivity contribution in [1.29, 1.82) is 0 Å². The molecule has 0 aliphatic heterocycles. The largest absolute Gasteiger partial charge is 0.455 e. The molecule has 0 fully saturated rings. The summed E-state index contributed by atoms with van der Waals surface area (Å²) in [6, 6.07) is 82.1. The van der Waals surface area contributed by atoms with Gasteiger partial charge in [0.1, 0.15) is 11.2 Å². The van der Waals surface area contributed by atoms with Crippen LogP contribution in [-0.4, -0.2) is 0 Å². The summed E-state index contributed by atoms with van der Waals surface area (Å²) in [5.41, 5.74) is 17.3. The second-order valence-corrected chi connectivity index (χ2v) is 18.0. The molecular weight excluding hydrogens is 787 g/mol. The lowest BCUT2D eigenvalue weighted by atomic mass is 9.82. The smallest absolute Gasteiger partial charge is 0.143 e. The maximum Gasteiger partial charge on any atom is 0.143 e. The van der Waals surface area contributed by atoms with Crippen molar-refractivity contribution in [2.45, 2.75) is 19.3 Å². The van der Waals surface area contributed by atoms with Gasteiger partial charge in [0.15, 0.2) is 0 Å². The molecular formula is C63H43NO. The quantitative estimate of drug-likeness (QED) is 0.155. The fourth-order valence-corrected chi connectivity index (χ4v) is 10.9.